The van der Waals surface area contributed by atoms with Gasteiger partial charge < -0.3 is 5.32 Å². The molecule has 0 fully saturated rings. The van der Waals surface area contributed by atoms with Crippen LogP contribution in [0.5, 0.6) is 0 Å². The SMILES string of the molecule is CN(C)S(=O)(=O)Nc1ccc2c(c1)CCCN2. The van der Waals surface area contributed by atoms with Crippen molar-refractivity contribution >= 4 is 21.6 Å². The summed E-state index contributed by atoms with van der Waals surface area (Å²) in [6, 6.07) is 5.59. The second kappa shape index (κ2) is 4.54. The lowest BCUT2D eigenvalue weighted by atomic mass is 10.0. The molecule has 2 rings (SSSR count). The third-order valence-electron chi connectivity index (χ3n) is 2.77. The van der Waals surface area contributed by atoms with Crippen LogP contribution in [0.3, 0.4) is 0 Å². The predicted octanol–water partition coefficient (Wildman–Crippen LogP) is 1.26. The largest absolute Gasteiger partial charge is 0.385 e. The fraction of sp³-hybridized carbons (Fsp3) is 0.455. The van der Waals surface area contributed by atoms with Crippen LogP contribution in [0.2, 0.25) is 0 Å². The van der Waals surface area contributed by atoms with Gasteiger partial charge in [-0.05, 0) is 36.6 Å². The van der Waals surface area contributed by atoms with Gasteiger partial charge in [-0.3, -0.25) is 4.72 Å². The Morgan fingerprint density at radius 3 is 2.82 bits per heavy atom. The first-order valence-electron chi connectivity index (χ1n) is 5.56. The zero-order valence-electron chi connectivity index (χ0n) is 10.0. The van der Waals surface area contributed by atoms with Crippen molar-refractivity contribution in [2.24, 2.45) is 0 Å². The highest BCUT2D eigenvalue weighted by molar-refractivity contribution is 7.90. The smallest absolute Gasteiger partial charge is 0.301 e. The van der Waals surface area contributed by atoms with Crippen LogP contribution in [0.4, 0.5) is 11.4 Å². The topological polar surface area (TPSA) is 61.4 Å². The van der Waals surface area contributed by atoms with Crippen LogP contribution in [0.25, 0.3) is 0 Å². The second-order valence-corrected chi connectivity index (χ2v) is 6.18. The Morgan fingerprint density at radius 2 is 2.12 bits per heavy atom. The van der Waals surface area contributed by atoms with E-state index in [4.69, 9.17) is 0 Å². The van der Waals surface area contributed by atoms with Crippen molar-refractivity contribution in [2.45, 2.75) is 12.8 Å². The van der Waals surface area contributed by atoms with Crippen LogP contribution in [0.15, 0.2) is 18.2 Å². The number of nitrogens with one attached hydrogen (secondary N) is 2. The molecule has 1 heterocycles. The summed E-state index contributed by atoms with van der Waals surface area (Å²) in [6.07, 6.45) is 2.07. The van der Waals surface area contributed by atoms with Crippen molar-refractivity contribution < 1.29 is 8.42 Å². The molecular weight excluding hydrogens is 238 g/mol. The summed E-state index contributed by atoms with van der Waals surface area (Å²) in [5.74, 6) is 0. The van der Waals surface area contributed by atoms with Gasteiger partial charge in [0.05, 0.1) is 5.69 Å². The fourth-order valence-electron chi connectivity index (χ4n) is 1.78. The molecule has 94 valence electrons. The number of nitrogens with zero attached hydrogens (tertiary/aromatic N) is 1. The Kier molecular flexibility index (Phi) is 3.26. The van der Waals surface area contributed by atoms with E-state index in [0.29, 0.717) is 5.69 Å². The summed E-state index contributed by atoms with van der Waals surface area (Å²) < 4.78 is 27.0. The van der Waals surface area contributed by atoms with Gasteiger partial charge in [-0.25, -0.2) is 0 Å². The number of benzene rings is 1. The number of hydrogen-bond acceptors (Lipinski definition) is 3. The minimum atomic E-state index is -3.41. The molecule has 0 amide bonds. The maximum Gasteiger partial charge on any atom is 0.301 e. The molecule has 0 aromatic heterocycles. The monoisotopic (exact) mass is 255 g/mol. The average molecular weight is 255 g/mol. The van der Waals surface area contributed by atoms with Crippen molar-refractivity contribution in [1.82, 2.24) is 4.31 Å². The third kappa shape index (κ3) is 2.70. The highest BCUT2D eigenvalue weighted by Crippen LogP contribution is 2.25. The summed E-state index contributed by atoms with van der Waals surface area (Å²) >= 11 is 0. The van der Waals surface area contributed by atoms with E-state index in [1.807, 2.05) is 12.1 Å². The molecule has 0 radical (unpaired) electrons. The van der Waals surface area contributed by atoms with Crippen molar-refractivity contribution in [1.29, 1.82) is 0 Å². The number of aryl methyl sites for hydroxylation is 1. The summed E-state index contributed by atoms with van der Waals surface area (Å²) in [5, 5.41) is 3.29. The van der Waals surface area contributed by atoms with E-state index in [1.54, 1.807) is 6.07 Å². The lowest BCUT2D eigenvalue weighted by molar-refractivity contribution is 0.527. The molecular formula is C11H17N3O2S. The van der Waals surface area contributed by atoms with Crippen LogP contribution in [0, 0.1) is 0 Å². The van der Waals surface area contributed by atoms with E-state index in [2.05, 4.69) is 10.0 Å². The van der Waals surface area contributed by atoms with Crippen LogP contribution in [-0.2, 0) is 16.6 Å². The molecule has 17 heavy (non-hydrogen) atoms. The average Bonchev–Trinajstić information content (AvgIpc) is 2.28. The van der Waals surface area contributed by atoms with Crippen LogP contribution < -0.4 is 10.0 Å². The molecule has 1 aromatic carbocycles. The molecule has 0 unspecified atom stereocenters. The zero-order valence-corrected chi connectivity index (χ0v) is 10.8. The maximum absolute atomic E-state index is 11.7. The van der Waals surface area contributed by atoms with Crippen molar-refractivity contribution in [2.75, 3.05) is 30.7 Å². The molecule has 5 nitrogen and oxygen atoms in total. The zero-order chi connectivity index (χ0) is 12.5. The van der Waals surface area contributed by atoms with Crippen LogP contribution in [0.1, 0.15) is 12.0 Å². The summed E-state index contributed by atoms with van der Waals surface area (Å²) in [7, 11) is -0.410. The lowest BCUT2D eigenvalue weighted by Gasteiger charge is -2.19. The van der Waals surface area contributed by atoms with Crippen LogP contribution in [-0.4, -0.2) is 33.4 Å². The van der Waals surface area contributed by atoms with Crippen molar-refractivity contribution in [3.8, 4) is 0 Å². The molecule has 0 bridgehead atoms. The Bertz CT molecular complexity index is 511. The number of rotatable bonds is 3. The first-order valence-corrected chi connectivity index (χ1v) is 7.00. The normalized spacial score (nSPS) is 15.2. The molecule has 0 spiro atoms. The molecule has 0 saturated carbocycles. The van der Waals surface area contributed by atoms with Gasteiger partial charge in [-0.2, -0.15) is 12.7 Å². The summed E-state index contributed by atoms with van der Waals surface area (Å²) in [6.45, 7) is 0.982. The van der Waals surface area contributed by atoms with E-state index in [1.165, 1.54) is 14.1 Å². The number of hydrogen-bond donors (Lipinski definition) is 2. The predicted molar refractivity (Wildman–Crippen MR) is 69.5 cm³/mol. The van der Waals surface area contributed by atoms with Crippen LogP contribution >= 0.6 is 0 Å². The first kappa shape index (κ1) is 12.2. The van der Waals surface area contributed by atoms with Gasteiger partial charge in [0.2, 0.25) is 0 Å². The fourth-order valence-corrected chi connectivity index (χ4v) is 2.39. The molecule has 6 heteroatoms. The molecule has 1 aromatic rings. The van der Waals surface area contributed by atoms with Gasteiger partial charge in [-0.1, -0.05) is 0 Å². The molecule has 1 aliphatic rings. The lowest BCUT2D eigenvalue weighted by Crippen LogP contribution is -2.29. The Balaban J connectivity index is 2.23. The summed E-state index contributed by atoms with van der Waals surface area (Å²) in [5.41, 5.74) is 2.88. The Labute approximate surface area is 102 Å². The molecule has 2 N–H and O–H groups in total. The first-order chi connectivity index (χ1) is 7.99. The van der Waals surface area contributed by atoms with E-state index in [-0.39, 0.29) is 0 Å². The van der Waals surface area contributed by atoms with E-state index in [0.717, 1.165) is 34.9 Å². The van der Waals surface area contributed by atoms with Crippen molar-refractivity contribution in [3.05, 3.63) is 23.8 Å². The van der Waals surface area contributed by atoms with Gasteiger partial charge in [0.1, 0.15) is 0 Å². The van der Waals surface area contributed by atoms with Gasteiger partial charge >= 0.3 is 10.2 Å². The second-order valence-electron chi connectivity index (χ2n) is 4.29. The molecule has 0 atom stereocenters. The molecule has 1 aliphatic heterocycles. The minimum absolute atomic E-state index is 0.612. The van der Waals surface area contributed by atoms with Crippen molar-refractivity contribution in [3.63, 3.8) is 0 Å². The van der Waals surface area contributed by atoms with Gasteiger partial charge in [0.15, 0.2) is 0 Å². The molecule has 0 aliphatic carbocycles. The Morgan fingerprint density at radius 1 is 1.35 bits per heavy atom. The minimum Gasteiger partial charge on any atom is -0.385 e. The molecule has 0 saturated heterocycles. The highest BCUT2D eigenvalue weighted by Gasteiger charge is 2.14. The summed E-state index contributed by atoms with van der Waals surface area (Å²) in [4.78, 5) is 0. The third-order valence-corrected chi connectivity index (χ3v) is 4.23. The maximum atomic E-state index is 11.7. The van der Waals surface area contributed by atoms with E-state index < -0.39 is 10.2 Å². The van der Waals surface area contributed by atoms with E-state index in [9.17, 15) is 8.42 Å². The van der Waals surface area contributed by atoms with E-state index >= 15 is 0 Å². The quantitative estimate of drug-likeness (QED) is 0.855. The number of fused-ring (bicyclic) bond motifs is 1. The standard InChI is InChI=1S/C11H17N3O2S/c1-14(2)17(15,16)13-10-5-6-11-9(8-10)4-3-7-12-11/h5-6,8,12-13H,3-4,7H2,1-2H3. The highest BCUT2D eigenvalue weighted by atomic mass is 32.2. The Hall–Kier alpha value is -1.27. The van der Waals surface area contributed by atoms with Gasteiger partial charge in [0, 0.05) is 26.3 Å². The van der Waals surface area contributed by atoms with Gasteiger partial charge in [-0.15, -0.1) is 0 Å². The van der Waals surface area contributed by atoms with Gasteiger partial charge in [0.25, 0.3) is 0 Å². The number of anilines is 2.